The summed E-state index contributed by atoms with van der Waals surface area (Å²) in [5.74, 6) is 3.44. The van der Waals surface area contributed by atoms with E-state index in [1.54, 1.807) is 0 Å². The molecule has 0 aromatic heterocycles. The molecule has 140 valence electrons. The quantitative estimate of drug-likeness (QED) is 0.318. The third-order valence-electron chi connectivity index (χ3n) is 6.21. The second kappa shape index (κ2) is 14.3. The molecule has 0 aliphatic carbocycles. The number of unbranched alkanes of at least 4 members (excludes halogenated alkanes) is 3. The van der Waals surface area contributed by atoms with Gasteiger partial charge in [0.15, 0.2) is 0 Å². The summed E-state index contributed by atoms with van der Waals surface area (Å²) in [6.45, 7) is 17.8. The lowest BCUT2D eigenvalue weighted by Gasteiger charge is -2.39. The Balaban J connectivity index is 5.05. The predicted octanol–water partition coefficient (Wildman–Crippen LogP) is 7.06. The predicted molar refractivity (Wildman–Crippen MR) is 107 cm³/mol. The zero-order valence-electron chi connectivity index (χ0n) is 17.5. The van der Waals surface area contributed by atoms with E-state index in [0.29, 0.717) is 0 Å². The zero-order valence-corrected chi connectivity index (χ0v) is 17.5. The van der Waals surface area contributed by atoms with Gasteiger partial charge in [-0.1, -0.05) is 93.4 Å². The van der Waals surface area contributed by atoms with Gasteiger partial charge in [-0.25, -0.2) is 0 Å². The van der Waals surface area contributed by atoms with Crippen LogP contribution in [-0.2, 0) is 0 Å². The molecule has 0 spiro atoms. The average molecular weight is 326 g/mol. The van der Waals surface area contributed by atoms with Crippen molar-refractivity contribution in [3.63, 3.8) is 0 Å². The highest BCUT2D eigenvalue weighted by Gasteiger charge is 2.32. The van der Waals surface area contributed by atoms with Crippen molar-refractivity contribution in [1.29, 1.82) is 0 Å². The Morgan fingerprint density at radius 2 is 1.39 bits per heavy atom. The van der Waals surface area contributed by atoms with E-state index in [9.17, 15) is 0 Å². The van der Waals surface area contributed by atoms with Gasteiger partial charge in [0.05, 0.1) is 0 Å². The van der Waals surface area contributed by atoms with Gasteiger partial charge in [0.25, 0.3) is 0 Å². The number of nitrogens with one attached hydrogen (secondary N) is 1. The van der Waals surface area contributed by atoms with Crippen molar-refractivity contribution in [2.24, 2.45) is 23.7 Å². The molecule has 1 nitrogen and oxygen atoms in total. The summed E-state index contributed by atoms with van der Waals surface area (Å²) in [6, 6.07) is 0.720. The van der Waals surface area contributed by atoms with Gasteiger partial charge in [-0.05, 0) is 43.1 Å². The van der Waals surface area contributed by atoms with Crippen LogP contribution in [0.25, 0.3) is 0 Å². The molecule has 23 heavy (non-hydrogen) atoms. The first-order valence-corrected chi connectivity index (χ1v) is 10.8. The molecule has 1 heteroatoms. The van der Waals surface area contributed by atoms with E-state index >= 15 is 0 Å². The number of hydrogen-bond acceptors (Lipinski definition) is 1. The van der Waals surface area contributed by atoms with Crippen molar-refractivity contribution in [1.82, 2.24) is 5.32 Å². The molecule has 1 N–H and O–H groups in total. The summed E-state index contributed by atoms with van der Waals surface area (Å²) in [6.07, 6.45) is 12.3. The fraction of sp³-hybridized carbons (Fsp3) is 1.00. The maximum atomic E-state index is 3.83. The highest BCUT2D eigenvalue weighted by molar-refractivity contribution is 4.85. The minimum Gasteiger partial charge on any atom is -0.314 e. The molecule has 0 aliphatic rings. The average Bonchev–Trinajstić information content (AvgIpc) is 2.56. The molecule has 5 atom stereocenters. The van der Waals surface area contributed by atoms with E-state index in [1.165, 1.54) is 57.8 Å². The highest BCUT2D eigenvalue weighted by atomic mass is 14.9. The molecule has 0 heterocycles. The Hall–Kier alpha value is -0.0400. The van der Waals surface area contributed by atoms with Crippen LogP contribution in [0.4, 0.5) is 0 Å². The molecule has 0 rings (SSSR count). The van der Waals surface area contributed by atoms with E-state index in [1.807, 2.05) is 0 Å². The maximum absolute atomic E-state index is 3.83. The standard InChI is InChI=1S/C22H47N/c1-8-13-14-15-17-21(19(7)18(6)10-3)20(11-4)22(16-9-2)23-12-5/h18-23H,8-17H2,1-7H3. The van der Waals surface area contributed by atoms with Gasteiger partial charge in [0.1, 0.15) is 0 Å². The van der Waals surface area contributed by atoms with E-state index in [-0.39, 0.29) is 0 Å². The highest BCUT2D eigenvalue weighted by Crippen LogP contribution is 2.37. The monoisotopic (exact) mass is 325 g/mol. The van der Waals surface area contributed by atoms with Crippen LogP contribution >= 0.6 is 0 Å². The van der Waals surface area contributed by atoms with Crippen LogP contribution in [0.5, 0.6) is 0 Å². The van der Waals surface area contributed by atoms with Crippen LogP contribution in [0, 0.1) is 23.7 Å². The minimum atomic E-state index is 0.720. The van der Waals surface area contributed by atoms with Crippen LogP contribution in [0.2, 0.25) is 0 Å². The van der Waals surface area contributed by atoms with Gasteiger partial charge in [-0.3, -0.25) is 0 Å². The van der Waals surface area contributed by atoms with E-state index in [2.05, 4.69) is 53.8 Å². The van der Waals surface area contributed by atoms with Gasteiger partial charge in [-0.2, -0.15) is 0 Å². The normalized spacial score (nSPS) is 18.4. The lowest BCUT2D eigenvalue weighted by molar-refractivity contribution is 0.125. The second-order valence-corrected chi connectivity index (χ2v) is 7.78. The molecule has 0 saturated carbocycles. The van der Waals surface area contributed by atoms with Gasteiger partial charge in [-0.15, -0.1) is 0 Å². The molecule has 0 aromatic rings. The largest absolute Gasteiger partial charge is 0.314 e. The minimum absolute atomic E-state index is 0.720. The second-order valence-electron chi connectivity index (χ2n) is 7.78. The molecule has 0 bridgehead atoms. The van der Waals surface area contributed by atoms with Crippen molar-refractivity contribution >= 4 is 0 Å². The van der Waals surface area contributed by atoms with Crippen LogP contribution < -0.4 is 5.32 Å². The third-order valence-corrected chi connectivity index (χ3v) is 6.21. The Morgan fingerprint density at radius 3 is 1.87 bits per heavy atom. The smallest absolute Gasteiger partial charge is 0.00977 e. The fourth-order valence-corrected chi connectivity index (χ4v) is 4.39. The first-order chi connectivity index (χ1) is 11.1. The maximum Gasteiger partial charge on any atom is 0.00977 e. The van der Waals surface area contributed by atoms with Crippen molar-refractivity contribution < 1.29 is 0 Å². The molecular formula is C22H47N. The summed E-state index contributed by atoms with van der Waals surface area (Å²) in [5, 5.41) is 3.83. The Bertz CT molecular complexity index is 244. The van der Waals surface area contributed by atoms with Crippen LogP contribution in [-0.4, -0.2) is 12.6 Å². The van der Waals surface area contributed by atoms with Crippen LogP contribution in [0.3, 0.4) is 0 Å². The molecule has 5 unspecified atom stereocenters. The summed E-state index contributed by atoms with van der Waals surface area (Å²) >= 11 is 0. The SMILES string of the molecule is CCCCCCC(C(C)C(C)CC)C(CC)C(CCC)NCC. The van der Waals surface area contributed by atoms with E-state index in [4.69, 9.17) is 0 Å². The number of hydrogen-bond donors (Lipinski definition) is 1. The first kappa shape index (κ1) is 23.0. The van der Waals surface area contributed by atoms with Gasteiger partial charge < -0.3 is 5.32 Å². The topological polar surface area (TPSA) is 12.0 Å². The van der Waals surface area contributed by atoms with Gasteiger partial charge >= 0.3 is 0 Å². The summed E-state index contributed by atoms with van der Waals surface area (Å²) in [5.41, 5.74) is 0. The van der Waals surface area contributed by atoms with Crippen molar-refractivity contribution in [3.05, 3.63) is 0 Å². The Labute approximate surface area is 148 Å². The molecule has 0 radical (unpaired) electrons. The van der Waals surface area contributed by atoms with E-state index in [0.717, 1.165) is 36.3 Å². The van der Waals surface area contributed by atoms with Crippen molar-refractivity contribution in [2.75, 3.05) is 6.54 Å². The van der Waals surface area contributed by atoms with Crippen LogP contribution in [0.15, 0.2) is 0 Å². The summed E-state index contributed by atoms with van der Waals surface area (Å²) in [7, 11) is 0. The van der Waals surface area contributed by atoms with E-state index < -0.39 is 0 Å². The number of rotatable bonds is 15. The van der Waals surface area contributed by atoms with Gasteiger partial charge in [0.2, 0.25) is 0 Å². The van der Waals surface area contributed by atoms with Crippen molar-refractivity contribution in [3.8, 4) is 0 Å². The third kappa shape index (κ3) is 8.57. The lowest BCUT2D eigenvalue weighted by atomic mass is 9.69. The molecular weight excluding hydrogens is 278 g/mol. The first-order valence-electron chi connectivity index (χ1n) is 10.8. The Kier molecular flexibility index (Phi) is 14.3. The molecule has 0 aromatic carbocycles. The zero-order chi connectivity index (χ0) is 17.7. The lowest BCUT2D eigenvalue weighted by Crippen LogP contribution is -2.42. The van der Waals surface area contributed by atoms with Gasteiger partial charge in [0, 0.05) is 6.04 Å². The Morgan fingerprint density at radius 1 is 0.696 bits per heavy atom. The van der Waals surface area contributed by atoms with Crippen LogP contribution in [0.1, 0.15) is 106 Å². The van der Waals surface area contributed by atoms with Crippen molar-refractivity contribution in [2.45, 2.75) is 112 Å². The molecule has 0 fully saturated rings. The summed E-state index contributed by atoms with van der Waals surface area (Å²) < 4.78 is 0. The fourth-order valence-electron chi connectivity index (χ4n) is 4.39. The molecule has 0 amide bonds. The molecule has 0 aliphatic heterocycles. The summed E-state index contributed by atoms with van der Waals surface area (Å²) in [4.78, 5) is 0. The molecule has 0 saturated heterocycles.